The van der Waals surface area contributed by atoms with E-state index in [1.165, 1.54) is 0 Å². The molecular formula is C14H24N2O4S. The Morgan fingerprint density at radius 2 is 1.86 bits per heavy atom. The highest BCUT2D eigenvalue weighted by Gasteiger charge is 2.41. The molecule has 0 spiro atoms. The smallest absolute Gasteiger partial charge is 0.317 e. The first-order valence-corrected chi connectivity index (χ1v) is 8.36. The molecule has 0 aliphatic carbocycles. The summed E-state index contributed by atoms with van der Waals surface area (Å²) in [6, 6.07) is -0.152. The van der Waals surface area contributed by atoms with Gasteiger partial charge >= 0.3 is 12.0 Å². The van der Waals surface area contributed by atoms with E-state index in [-0.39, 0.29) is 12.6 Å². The SMILES string of the molecule is CC1CN(C(=O)NCC2(C(=O)O)CCOCC2)CC(C)S1. The number of urea groups is 1. The van der Waals surface area contributed by atoms with Crippen molar-refractivity contribution in [3.8, 4) is 0 Å². The molecule has 2 saturated heterocycles. The number of ether oxygens (including phenoxy) is 1. The van der Waals surface area contributed by atoms with Gasteiger partial charge < -0.3 is 20.1 Å². The van der Waals surface area contributed by atoms with E-state index in [1.807, 2.05) is 11.8 Å². The Morgan fingerprint density at radius 3 is 2.38 bits per heavy atom. The average Bonchev–Trinajstić information content (AvgIpc) is 2.44. The van der Waals surface area contributed by atoms with Crippen molar-refractivity contribution < 1.29 is 19.4 Å². The van der Waals surface area contributed by atoms with Gasteiger partial charge in [-0.3, -0.25) is 4.79 Å². The molecule has 2 atom stereocenters. The van der Waals surface area contributed by atoms with Crippen LogP contribution in [0.3, 0.4) is 0 Å². The van der Waals surface area contributed by atoms with Gasteiger partial charge in [0.25, 0.3) is 0 Å². The predicted molar refractivity (Wildman–Crippen MR) is 81.6 cm³/mol. The lowest BCUT2D eigenvalue weighted by atomic mass is 9.80. The quantitative estimate of drug-likeness (QED) is 0.823. The Balaban J connectivity index is 1.91. The predicted octanol–water partition coefficient (Wildman–Crippen LogP) is 1.40. The molecule has 0 aromatic heterocycles. The van der Waals surface area contributed by atoms with E-state index in [4.69, 9.17) is 4.74 Å². The molecule has 0 aromatic rings. The van der Waals surface area contributed by atoms with E-state index in [1.54, 1.807) is 4.90 Å². The Kier molecular flexibility index (Phi) is 5.37. The molecule has 0 saturated carbocycles. The first kappa shape index (κ1) is 16.4. The third-order valence-corrected chi connectivity index (χ3v) is 5.42. The molecule has 0 bridgehead atoms. The van der Waals surface area contributed by atoms with E-state index in [2.05, 4.69) is 19.2 Å². The highest BCUT2D eigenvalue weighted by Crippen LogP contribution is 2.30. The van der Waals surface area contributed by atoms with Crippen molar-refractivity contribution >= 4 is 23.8 Å². The lowest BCUT2D eigenvalue weighted by molar-refractivity contribution is -0.154. The maximum Gasteiger partial charge on any atom is 0.317 e. The number of hydrogen-bond donors (Lipinski definition) is 2. The second-order valence-electron chi connectivity index (χ2n) is 6.02. The molecule has 2 N–H and O–H groups in total. The van der Waals surface area contributed by atoms with E-state index >= 15 is 0 Å². The van der Waals surface area contributed by atoms with Crippen molar-refractivity contribution in [1.82, 2.24) is 10.2 Å². The highest BCUT2D eigenvalue weighted by molar-refractivity contribution is 8.00. The molecule has 2 rings (SSSR count). The molecule has 2 unspecified atom stereocenters. The monoisotopic (exact) mass is 316 g/mol. The molecule has 2 amide bonds. The summed E-state index contributed by atoms with van der Waals surface area (Å²) >= 11 is 1.88. The minimum absolute atomic E-state index is 0.152. The molecule has 6 nitrogen and oxygen atoms in total. The standard InChI is InChI=1S/C14H24N2O4S/c1-10-7-16(8-11(2)21-10)13(19)15-9-14(12(17)18)3-5-20-6-4-14/h10-11H,3-9H2,1-2H3,(H,15,19)(H,17,18). The number of rotatable bonds is 3. The molecule has 7 heteroatoms. The van der Waals surface area contributed by atoms with Gasteiger partial charge in [-0.25, -0.2) is 4.79 Å². The zero-order valence-electron chi connectivity index (χ0n) is 12.6. The first-order valence-electron chi connectivity index (χ1n) is 7.42. The van der Waals surface area contributed by atoms with Crippen LogP contribution in [0, 0.1) is 5.41 Å². The van der Waals surface area contributed by atoms with E-state index in [0.29, 0.717) is 49.6 Å². The van der Waals surface area contributed by atoms with Gasteiger partial charge in [0, 0.05) is 43.3 Å². The fourth-order valence-electron chi connectivity index (χ4n) is 2.93. The summed E-state index contributed by atoms with van der Waals surface area (Å²) in [5.41, 5.74) is -0.879. The van der Waals surface area contributed by atoms with Crippen LogP contribution in [0.1, 0.15) is 26.7 Å². The molecule has 0 aromatic carbocycles. The van der Waals surface area contributed by atoms with Crippen molar-refractivity contribution in [2.45, 2.75) is 37.2 Å². The summed E-state index contributed by atoms with van der Waals surface area (Å²) in [6.07, 6.45) is 0.899. The van der Waals surface area contributed by atoms with Crippen molar-refractivity contribution in [2.75, 3.05) is 32.8 Å². The molecule has 0 radical (unpaired) electrons. The number of carbonyl (C=O) groups is 2. The number of carbonyl (C=O) groups excluding carboxylic acids is 1. The van der Waals surface area contributed by atoms with E-state index < -0.39 is 11.4 Å². The molecular weight excluding hydrogens is 292 g/mol. The van der Waals surface area contributed by atoms with Crippen LogP contribution in [-0.4, -0.2) is 65.4 Å². The molecule has 120 valence electrons. The molecule has 2 aliphatic rings. The number of hydrogen-bond acceptors (Lipinski definition) is 4. The van der Waals surface area contributed by atoms with Gasteiger partial charge in [0.2, 0.25) is 0 Å². The first-order chi connectivity index (χ1) is 9.93. The summed E-state index contributed by atoms with van der Waals surface area (Å²) in [4.78, 5) is 25.6. The molecule has 2 heterocycles. The number of carboxylic acids is 1. The van der Waals surface area contributed by atoms with E-state index in [9.17, 15) is 14.7 Å². The summed E-state index contributed by atoms with van der Waals surface area (Å²) in [7, 11) is 0. The zero-order valence-corrected chi connectivity index (χ0v) is 13.4. The van der Waals surface area contributed by atoms with Crippen molar-refractivity contribution in [1.29, 1.82) is 0 Å². The Morgan fingerprint density at radius 1 is 1.29 bits per heavy atom. The Labute approximate surface area is 129 Å². The fourth-order valence-corrected chi connectivity index (χ4v) is 4.25. The Bertz CT molecular complexity index is 388. The highest BCUT2D eigenvalue weighted by atomic mass is 32.2. The van der Waals surface area contributed by atoms with Crippen molar-refractivity contribution in [3.63, 3.8) is 0 Å². The fraction of sp³-hybridized carbons (Fsp3) is 0.857. The van der Waals surface area contributed by atoms with Gasteiger partial charge in [-0.2, -0.15) is 11.8 Å². The number of aliphatic carboxylic acids is 1. The molecule has 21 heavy (non-hydrogen) atoms. The summed E-state index contributed by atoms with van der Waals surface area (Å²) < 4.78 is 5.24. The maximum absolute atomic E-state index is 12.3. The minimum atomic E-state index is -0.879. The van der Waals surface area contributed by atoms with Crippen LogP contribution in [-0.2, 0) is 9.53 Å². The van der Waals surface area contributed by atoms with Crippen LogP contribution in [0.5, 0.6) is 0 Å². The lowest BCUT2D eigenvalue weighted by Gasteiger charge is -2.37. The van der Waals surface area contributed by atoms with Crippen LogP contribution in [0.15, 0.2) is 0 Å². The number of carboxylic acid groups (broad SMARTS) is 1. The van der Waals surface area contributed by atoms with Gasteiger partial charge in [-0.05, 0) is 12.8 Å². The van der Waals surface area contributed by atoms with Crippen molar-refractivity contribution in [2.24, 2.45) is 5.41 Å². The van der Waals surface area contributed by atoms with Gasteiger partial charge in [0.1, 0.15) is 0 Å². The summed E-state index contributed by atoms with van der Waals surface area (Å²) in [5.74, 6) is -0.845. The van der Waals surface area contributed by atoms with Crippen LogP contribution in [0.2, 0.25) is 0 Å². The number of amides is 2. The van der Waals surface area contributed by atoms with Crippen LogP contribution in [0.4, 0.5) is 4.79 Å². The topological polar surface area (TPSA) is 78.9 Å². The second kappa shape index (κ2) is 6.87. The van der Waals surface area contributed by atoms with Gasteiger partial charge in [-0.1, -0.05) is 13.8 Å². The van der Waals surface area contributed by atoms with E-state index in [0.717, 1.165) is 0 Å². The molecule has 2 fully saturated rings. The lowest BCUT2D eigenvalue weighted by Crippen LogP contribution is -2.53. The van der Waals surface area contributed by atoms with Crippen LogP contribution >= 0.6 is 11.8 Å². The normalized spacial score (nSPS) is 29.0. The average molecular weight is 316 g/mol. The summed E-state index contributed by atoms with van der Waals surface area (Å²) in [5, 5.41) is 13.1. The molecule has 2 aliphatic heterocycles. The van der Waals surface area contributed by atoms with Crippen molar-refractivity contribution in [3.05, 3.63) is 0 Å². The summed E-state index contributed by atoms with van der Waals surface area (Å²) in [6.45, 7) is 6.70. The largest absolute Gasteiger partial charge is 0.481 e. The van der Waals surface area contributed by atoms with Crippen LogP contribution < -0.4 is 5.32 Å². The van der Waals surface area contributed by atoms with Gasteiger partial charge in [0.05, 0.1) is 5.41 Å². The Hall–Kier alpha value is -0.950. The number of nitrogens with zero attached hydrogens (tertiary/aromatic N) is 1. The van der Waals surface area contributed by atoms with Gasteiger partial charge in [-0.15, -0.1) is 0 Å². The minimum Gasteiger partial charge on any atom is -0.481 e. The zero-order chi connectivity index (χ0) is 15.5. The van der Waals surface area contributed by atoms with Crippen LogP contribution in [0.25, 0.3) is 0 Å². The third kappa shape index (κ3) is 4.03. The maximum atomic E-state index is 12.3. The second-order valence-corrected chi connectivity index (χ2v) is 7.90. The number of thioether (sulfide) groups is 1. The number of nitrogens with one attached hydrogen (secondary N) is 1. The van der Waals surface area contributed by atoms with Gasteiger partial charge in [0.15, 0.2) is 0 Å². The third-order valence-electron chi connectivity index (χ3n) is 4.19.